The fourth-order valence-electron chi connectivity index (χ4n) is 3.17. The van der Waals surface area contributed by atoms with Gasteiger partial charge in [-0.05, 0) is 41.0 Å². The number of aryl methyl sites for hydroxylation is 2. The Bertz CT molecular complexity index is 687. The molecule has 1 aromatic rings. The van der Waals surface area contributed by atoms with Gasteiger partial charge in [-0.1, -0.05) is 12.2 Å². The van der Waals surface area contributed by atoms with Crippen molar-refractivity contribution in [3.63, 3.8) is 0 Å². The van der Waals surface area contributed by atoms with Gasteiger partial charge in [-0.15, -0.1) is 0 Å². The first-order valence-corrected chi connectivity index (χ1v) is 9.08. The molecule has 0 radical (unpaired) electrons. The van der Waals surface area contributed by atoms with Gasteiger partial charge in [0.05, 0.1) is 17.3 Å². The average Bonchev–Trinajstić information content (AvgIpc) is 2.94. The van der Waals surface area contributed by atoms with E-state index in [9.17, 15) is 9.59 Å². The third-order valence-electron chi connectivity index (χ3n) is 4.39. The number of carbonyl (C=O) groups excluding carboxylic acids is 2. The van der Waals surface area contributed by atoms with Gasteiger partial charge in [0.15, 0.2) is 0 Å². The Labute approximate surface area is 155 Å². The van der Waals surface area contributed by atoms with Gasteiger partial charge in [0.25, 0.3) is 5.91 Å². The van der Waals surface area contributed by atoms with Crippen LogP contribution < -0.4 is 10.6 Å². The number of rotatable bonds is 6. The Hall–Kier alpha value is -2.28. The summed E-state index contributed by atoms with van der Waals surface area (Å²) in [5.41, 5.74) is 1.14. The predicted octanol–water partition coefficient (Wildman–Crippen LogP) is 1.37. The minimum atomic E-state index is -0.241. The van der Waals surface area contributed by atoms with Crippen LogP contribution in [-0.4, -0.2) is 57.9 Å². The maximum atomic E-state index is 12.6. The minimum Gasteiger partial charge on any atom is -0.353 e. The lowest BCUT2D eigenvalue weighted by atomic mass is 10.1. The average molecular weight is 359 g/mol. The van der Waals surface area contributed by atoms with Crippen molar-refractivity contribution in [3.8, 4) is 0 Å². The highest BCUT2D eigenvalue weighted by Crippen LogP contribution is 2.19. The summed E-state index contributed by atoms with van der Waals surface area (Å²) in [6, 6.07) is -0.238. The minimum absolute atomic E-state index is 0.0103. The number of hydrogen-bond donors (Lipinski definition) is 2. The molecule has 2 atom stereocenters. The molecule has 1 fully saturated rings. The topological polar surface area (TPSA) is 87.2 Å². The number of carbonyl (C=O) groups is 2. The Morgan fingerprint density at radius 1 is 1.38 bits per heavy atom. The number of hydrogen-bond acceptors (Lipinski definition) is 5. The fraction of sp³-hybridized carbons (Fsp3) is 0.579. The molecule has 0 aliphatic carbocycles. The van der Waals surface area contributed by atoms with Gasteiger partial charge in [0, 0.05) is 31.4 Å². The van der Waals surface area contributed by atoms with Crippen molar-refractivity contribution in [2.24, 2.45) is 0 Å². The molecule has 2 N–H and O–H groups in total. The standard InChI is InChI=1S/C19H29N5O2/c1-6-7-8-24-11-15(9-17(24)19(26)21-12(2)3)23-18(25)16-10-20-14(5)22-13(16)4/h6-7,10,12,15,17H,8-9,11H2,1-5H3,(H,21,26)(H,23,25)/t15-,17+/m1/s1. The Morgan fingerprint density at radius 2 is 2.12 bits per heavy atom. The second kappa shape index (κ2) is 8.89. The molecule has 0 saturated carbocycles. The first-order chi connectivity index (χ1) is 12.3. The summed E-state index contributed by atoms with van der Waals surface area (Å²) in [4.78, 5) is 35.6. The molecule has 7 nitrogen and oxygen atoms in total. The molecule has 2 heterocycles. The number of aromatic nitrogens is 2. The van der Waals surface area contributed by atoms with Gasteiger partial charge in [-0.2, -0.15) is 0 Å². The second-order valence-corrected chi connectivity index (χ2v) is 7.02. The molecular weight excluding hydrogens is 330 g/mol. The predicted molar refractivity (Wildman–Crippen MR) is 101 cm³/mol. The molecule has 0 bridgehead atoms. The van der Waals surface area contributed by atoms with E-state index in [-0.39, 0.29) is 29.9 Å². The fourth-order valence-corrected chi connectivity index (χ4v) is 3.17. The summed E-state index contributed by atoms with van der Waals surface area (Å²) in [7, 11) is 0. The van der Waals surface area contributed by atoms with Crippen LogP contribution in [0.15, 0.2) is 18.3 Å². The van der Waals surface area contributed by atoms with Gasteiger partial charge in [0.2, 0.25) is 5.91 Å². The zero-order valence-corrected chi connectivity index (χ0v) is 16.2. The van der Waals surface area contributed by atoms with Crippen molar-refractivity contribution in [1.29, 1.82) is 0 Å². The smallest absolute Gasteiger partial charge is 0.254 e. The number of allylic oxidation sites excluding steroid dienone is 1. The van der Waals surface area contributed by atoms with Crippen molar-refractivity contribution in [2.75, 3.05) is 13.1 Å². The first-order valence-electron chi connectivity index (χ1n) is 9.08. The summed E-state index contributed by atoms with van der Waals surface area (Å²) in [5, 5.41) is 6.01. The molecule has 0 aromatic carbocycles. The van der Waals surface area contributed by atoms with Crippen LogP contribution in [0.4, 0.5) is 0 Å². The van der Waals surface area contributed by atoms with Gasteiger partial charge >= 0.3 is 0 Å². The van der Waals surface area contributed by atoms with E-state index in [1.54, 1.807) is 20.0 Å². The maximum Gasteiger partial charge on any atom is 0.254 e. The van der Waals surface area contributed by atoms with E-state index in [2.05, 4.69) is 25.5 Å². The van der Waals surface area contributed by atoms with E-state index in [1.165, 1.54) is 0 Å². The van der Waals surface area contributed by atoms with Crippen LogP contribution in [-0.2, 0) is 4.79 Å². The summed E-state index contributed by atoms with van der Waals surface area (Å²) in [5.74, 6) is 0.461. The van der Waals surface area contributed by atoms with E-state index < -0.39 is 0 Å². The van der Waals surface area contributed by atoms with Crippen molar-refractivity contribution < 1.29 is 9.59 Å². The second-order valence-electron chi connectivity index (χ2n) is 7.02. The highest BCUT2D eigenvalue weighted by Gasteiger charge is 2.37. The summed E-state index contributed by atoms with van der Waals surface area (Å²) in [6.45, 7) is 10.8. The Balaban J connectivity index is 2.07. The molecule has 2 amide bonds. The van der Waals surface area contributed by atoms with Crippen LogP contribution in [0.1, 0.15) is 49.1 Å². The third-order valence-corrected chi connectivity index (χ3v) is 4.39. The summed E-state index contributed by atoms with van der Waals surface area (Å²) in [6.07, 6.45) is 6.14. The maximum absolute atomic E-state index is 12.6. The Morgan fingerprint density at radius 3 is 2.73 bits per heavy atom. The summed E-state index contributed by atoms with van der Waals surface area (Å²) >= 11 is 0. The van der Waals surface area contributed by atoms with Gasteiger partial charge in [0.1, 0.15) is 5.82 Å². The third kappa shape index (κ3) is 5.11. The lowest BCUT2D eigenvalue weighted by Gasteiger charge is -2.22. The van der Waals surface area contributed by atoms with Crippen LogP contribution in [0, 0.1) is 13.8 Å². The normalized spacial score (nSPS) is 20.7. The number of likely N-dealkylation sites (tertiary alicyclic amines) is 1. The van der Waals surface area contributed by atoms with E-state index in [0.717, 1.165) is 0 Å². The van der Waals surface area contributed by atoms with Crippen molar-refractivity contribution in [3.05, 3.63) is 35.4 Å². The molecule has 0 spiro atoms. The molecule has 2 rings (SSSR count). The highest BCUT2D eigenvalue weighted by atomic mass is 16.2. The van der Waals surface area contributed by atoms with Crippen LogP contribution >= 0.6 is 0 Å². The van der Waals surface area contributed by atoms with Gasteiger partial charge < -0.3 is 10.6 Å². The Kier molecular flexibility index (Phi) is 6.85. The van der Waals surface area contributed by atoms with E-state index in [4.69, 9.17) is 0 Å². The summed E-state index contributed by atoms with van der Waals surface area (Å²) < 4.78 is 0. The quantitative estimate of drug-likeness (QED) is 0.749. The van der Waals surface area contributed by atoms with Crippen molar-refractivity contribution >= 4 is 11.8 Å². The monoisotopic (exact) mass is 359 g/mol. The van der Waals surface area contributed by atoms with Crippen LogP contribution in [0.2, 0.25) is 0 Å². The lowest BCUT2D eigenvalue weighted by Crippen LogP contribution is -2.45. The molecule has 1 aromatic heterocycles. The number of nitrogens with zero attached hydrogens (tertiary/aromatic N) is 3. The SMILES string of the molecule is CC=CCN1C[C@H](NC(=O)c2cnc(C)nc2C)C[C@H]1C(=O)NC(C)C. The molecule has 142 valence electrons. The zero-order chi connectivity index (χ0) is 19.3. The largest absolute Gasteiger partial charge is 0.353 e. The number of nitrogens with one attached hydrogen (secondary N) is 2. The van der Waals surface area contributed by atoms with Gasteiger partial charge in [-0.25, -0.2) is 9.97 Å². The lowest BCUT2D eigenvalue weighted by molar-refractivity contribution is -0.125. The molecular formula is C19H29N5O2. The van der Waals surface area contributed by atoms with E-state index in [0.29, 0.717) is 36.6 Å². The van der Waals surface area contributed by atoms with Gasteiger partial charge in [-0.3, -0.25) is 14.5 Å². The zero-order valence-electron chi connectivity index (χ0n) is 16.2. The molecule has 26 heavy (non-hydrogen) atoms. The van der Waals surface area contributed by atoms with E-state index in [1.807, 2.05) is 32.9 Å². The molecule has 7 heteroatoms. The molecule has 1 aliphatic rings. The van der Waals surface area contributed by atoms with E-state index >= 15 is 0 Å². The highest BCUT2D eigenvalue weighted by molar-refractivity contribution is 5.95. The van der Waals surface area contributed by atoms with Crippen LogP contribution in [0.25, 0.3) is 0 Å². The van der Waals surface area contributed by atoms with Crippen molar-refractivity contribution in [2.45, 2.75) is 59.2 Å². The van der Waals surface area contributed by atoms with Crippen molar-refractivity contribution in [1.82, 2.24) is 25.5 Å². The molecule has 1 aliphatic heterocycles. The van der Waals surface area contributed by atoms with Crippen LogP contribution in [0.3, 0.4) is 0 Å². The van der Waals surface area contributed by atoms with Crippen LogP contribution in [0.5, 0.6) is 0 Å². The molecule has 0 unspecified atom stereocenters. The number of amides is 2. The first kappa shape index (κ1) is 20.0. The molecule has 1 saturated heterocycles.